The van der Waals surface area contributed by atoms with Gasteiger partial charge < -0.3 is 9.80 Å². The third-order valence-electron chi connectivity index (χ3n) is 4.43. The van der Waals surface area contributed by atoms with Gasteiger partial charge in [-0.2, -0.15) is 0 Å². The van der Waals surface area contributed by atoms with E-state index >= 15 is 0 Å². The summed E-state index contributed by atoms with van der Waals surface area (Å²) in [4.78, 5) is 16.5. The van der Waals surface area contributed by atoms with E-state index in [1.54, 1.807) is 17.0 Å². The lowest BCUT2D eigenvalue weighted by atomic mass is 10.2. The first kappa shape index (κ1) is 15.6. The Morgan fingerprint density at radius 2 is 1.92 bits per heavy atom. The van der Waals surface area contributed by atoms with Gasteiger partial charge in [-0.3, -0.25) is 9.20 Å². The molecule has 1 aliphatic rings. The lowest BCUT2D eigenvalue weighted by molar-refractivity contribution is 0.0766. The van der Waals surface area contributed by atoms with Crippen LogP contribution in [0.2, 0.25) is 0 Å². The zero-order valence-electron chi connectivity index (χ0n) is 13.7. The van der Waals surface area contributed by atoms with Crippen LogP contribution in [0.4, 0.5) is 10.3 Å². The molecule has 7 heteroatoms. The second-order valence-corrected chi connectivity index (χ2v) is 6.07. The lowest BCUT2D eigenvalue weighted by Gasteiger charge is -2.22. The van der Waals surface area contributed by atoms with Crippen molar-refractivity contribution in [2.24, 2.45) is 0 Å². The van der Waals surface area contributed by atoms with Crippen molar-refractivity contribution in [3.63, 3.8) is 0 Å². The Kier molecular flexibility index (Phi) is 4.05. The zero-order chi connectivity index (χ0) is 17.2. The molecule has 1 aromatic carbocycles. The van der Waals surface area contributed by atoms with Crippen molar-refractivity contribution in [2.75, 3.05) is 31.1 Å². The number of halogens is 1. The van der Waals surface area contributed by atoms with Crippen molar-refractivity contribution < 1.29 is 9.18 Å². The molecular formula is C18H18FN5O. The number of pyridine rings is 1. The average molecular weight is 339 g/mol. The van der Waals surface area contributed by atoms with E-state index < -0.39 is 5.82 Å². The number of benzene rings is 1. The van der Waals surface area contributed by atoms with E-state index in [1.165, 1.54) is 12.1 Å². The standard InChI is InChI=1S/C18H18FN5O/c19-15-6-3-5-14(13-15)17(25)22-8-4-9-23(12-11-22)18-21-20-16-7-1-2-10-24(16)18/h1-3,5-7,10,13H,4,8-9,11-12H2. The molecule has 0 radical (unpaired) electrons. The van der Waals surface area contributed by atoms with Gasteiger partial charge in [0.05, 0.1) is 0 Å². The zero-order valence-corrected chi connectivity index (χ0v) is 13.7. The molecule has 4 rings (SSSR count). The van der Waals surface area contributed by atoms with Gasteiger partial charge in [-0.1, -0.05) is 12.1 Å². The molecule has 0 aliphatic carbocycles. The summed E-state index contributed by atoms with van der Waals surface area (Å²) in [5, 5.41) is 8.47. The molecule has 0 saturated carbocycles. The average Bonchev–Trinajstić information content (AvgIpc) is 2.91. The number of carbonyl (C=O) groups excluding carboxylic acids is 1. The summed E-state index contributed by atoms with van der Waals surface area (Å²) in [7, 11) is 0. The molecule has 1 amide bonds. The summed E-state index contributed by atoms with van der Waals surface area (Å²) in [5.74, 6) is 0.264. The van der Waals surface area contributed by atoms with Crippen molar-refractivity contribution in [2.45, 2.75) is 6.42 Å². The van der Waals surface area contributed by atoms with Crippen molar-refractivity contribution in [1.29, 1.82) is 0 Å². The van der Waals surface area contributed by atoms with Crippen LogP contribution in [0.25, 0.3) is 5.65 Å². The van der Waals surface area contributed by atoms with Gasteiger partial charge in [-0.15, -0.1) is 10.2 Å². The summed E-state index contributed by atoms with van der Waals surface area (Å²) in [6, 6.07) is 11.6. The van der Waals surface area contributed by atoms with Gasteiger partial charge in [0.25, 0.3) is 5.91 Å². The number of fused-ring (bicyclic) bond motifs is 1. The van der Waals surface area contributed by atoms with Gasteiger partial charge in [0, 0.05) is 37.9 Å². The highest BCUT2D eigenvalue weighted by Crippen LogP contribution is 2.17. The van der Waals surface area contributed by atoms with E-state index in [2.05, 4.69) is 15.1 Å². The first-order chi connectivity index (χ1) is 12.2. The van der Waals surface area contributed by atoms with E-state index in [0.29, 0.717) is 25.2 Å². The molecule has 6 nitrogen and oxygen atoms in total. The highest BCUT2D eigenvalue weighted by Gasteiger charge is 2.22. The Morgan fingerprint density at radius 3 is 2.80 bits per heavy atom. The van der Waals surface area contributed by atoms with Crippen molar-refractivity contribution in [3.8, 4) is 0 Å². The molecular weight excluding hydrogens is 321 g/mol. The Bertz CT molecular complexity index is 909. The number of aromatic nitrogens is 3. The number of hydrogen-bond donors (Lipinski definition) is 0. The second-order valence-electron chi connectivity index (χ2n) is 6.07. The van der Waals surface area contributed by atoms with Crippen LogP contribution in [0.15, 0.2) is 48.7 Å². The van der Waals surface area contributed by atoms with Crippen LogP contribution in [0.1, 0.15) is 16.8 Å². The summed E-state index contributed by atoms with van der Waals surface area (Å²) >= 11 is 0. The number of amides is 1. The highest BCUT2D eigenvalue weighted by molar-refractivity contribution is 5.94. The van der Waals surface area contributed by atoms with Crippen LogP contribution in [-0.4, -0.2) is 51.6 Å². The maximum atomic E-state index is 13.4. The molecule has 0 N–H and O–H groups in total. The number of rotatable bonds is 2. The summed E-state index contributed by atoms with van der Waals surface area (Å²) < 4.78 is 15.3. The van der Waals surface area contributed by atoms with Gasteiger partial charge in [-0.25, -0.2) is 4.39 Å². The van der Waals surface area contributed by atoms with Crippen LogP contribution in [0, 0.1) is 5.82 Å². The van der Waals surface area contributed by atoms with Gasteiger partial charge in [0.2, 0.25) is 5.95 Å². The maximum Gasteiger partial charge on any atom is 0.254 e. The Labute approximate surface area is 144 Å². The smallest absolute Gasteiger partial charge is 0.254 e. The third-order valence-corrected chi connectivity index (χ3v) is 4.43. The van der Waals surface area contributed by atoms with Gasteiger partial charge in [0.1, 0.15) is 5.82 Å². The molecule has 0 spiro atoms. The number of carbonyl (C=O) groups is 1. The summed E-state index contributed by atoms with van der Waals surface area (Å²) in [5.41, 5.74) is 1.19. The van der Waals surface area contributed by atoms with E-state index in [4.69, 9.17) is 0 Å². The maximum absolute atomic E-state index is 13.4. The number of nitrogens with zero attached hydrogens (tertiary/aromatic N) is 5. The molecule has 1 saturated heterocycles. The molecule has 0 unspecified atom stereocenters. The van der Waals surface area contributed by atoms with E-state index in [9.17, 15) is 9.18 Å². The van der Waals surface area contributed by atoms with Crippen LogP contribution >= 0.6 is 0 Å². The molecule has 0 bridgehead atoms. The molecule has 128 valence electrons. The fourth-order valence-corrected chi connectivity index (χ4v) is 3.17. The highest BCUT2D eigenvalue weighted by atomic mass is 19.1. The fraction of sp³-hybridized carbons (Fsp3) is 0.278. The molecule has 0 atom stereocenters. The lowest BCUT2D eigenvalue weighted by Crippen LogP contribution is -2.35. The van der Waals surface area contributed by atoms with Crippen molar-refractivity contribution in [3.05, 3.63) is 60.0 Å². The molecule has 3 heterocycles. The summed E-state index contributed by atoms with van der Waals surface area (Å²) in [6.07, 6.45) is 2.76. The normalized spacial score (nSPS) is 15.4. The fourth-order valence-electron chi connectivity index (χ4n) is 3.17. The SMILES string of the molecule is O=C(c1cccc(F)c1)N1CCCN(c2nnc3ccccn23)CC1. The minimum atomic E-state index is -0.391. The van der Waals surface area contributed by atoms with Crippen LogP contribution in [-0.2, 0) is 0 Å². The molecule has 1 aliphatic heterocycles. The van der Waals surface area contributed by atoms with E-state index in [-0.39, 0.29) is 5.91 Å². The Hall–Kier alpha value is -2.96. The quantitative estimate of drug-likeness (QED) is 0.718. The molecule has 1 fully saturated rings. The third kappa shape index (κ3) is 3.05. The van der Waals surface area contributed by atoms with Crippen LogP contribution in [0.3, 0.4) is 0 Å². The van der Waals surface area contributed by atoms with E-state index in [1.807, 2.05) is 28.8 Å². The molecule has 2 aromatic heterocycles. The van der Waals surface area contributed by atoms with E-state index in [0.717, 1.165) is 24.6 Å². The van der Waals surface area contributed by atoms with Gasteiger partial charge >= 0.3 is 0 Å². The molecule has 25 heavy (non-hydrogen) atoms. The monoisotopic (exact) mass is 339 g/mol. The second kappa shape index (κ2) is 6.51. The van der Waals surface area contributed by atoms with Crippen molar-refractivity contribution >= 4 is 17.5 Å². The minimum Gasteiger partial charge on any atom is -0.339 e. The largest absolute Gasteiger partial charge is 0.339 e. The minimum absolute atomic E-state index is 0.132. The Balaban J connectivity index is 1.51. The van der Waals surface area contributed by atoms with Gasteiger partial charge in [0.15, 0.2) is 5.65 Å². The number of anilines is 1. The topological polar surface area (TPSA) is 53.7 Å². The summed E-state index contributed by atoms with van der Waals surface area (Å²) in [6.45, 7) is 2.67. The number of hydrogen-bond acceptors (Lipinski definition) is 4. The first-order valence-corrected chi connectivity index (χ1v) is 8.32. The van der Waals surface area contributed by atoms with Gasteiger partial charge in [-0.05, 0) is 36.8 Å². The van der Waals surface area contributed by atoms with Crippen molar-refractivity contribution in [1.82, 2.24) is 19.5 Å². The predicted molar refractivity (Wildman–Crippen MR) is 92.1 cm³/mol. The first-order valence-electron chi connectivity index (χ1n) is 8.32. The Morgan fingerprint density at radius 1 is 1.00 bits per heavy atom. The molecule has 3 aromatic rings. The van der Waals surface area contributed by atoms with Crippen LogP contribution in [0.5, 0.6) is 0 Å². The predicted octanol–water partition coefficient (Wildman–Crippen LogP) is 2.22. The van der Waals surface area contributed by atoms with Crippen LogP contribution < -0.4 is 4.90 Å².